The van der Waals surface area contributed by atoms with Crippen LogP contribution in [-0.4, -0.2) is 0 Å². The Labute approximate surface area is 103 Å². The molecule has 2 rings (SSSR count). The molecule has 0 amide bonds. The van der Waals surface area contributed by atoms with Gasteiger partial charge >= 0.3 is 0 Å². The Morgan fingerprint density at radius 2 is 1.59 bits per heavy atom. The predicted molar refractivity (Wildman–Crippen MR) is 73.5 cm³/mol. The number of benzene rings is 2. The number of hydrogen-bond donors (Lipinski definition) is 0. The Bertz CT molecular complexity index is 563. The lowest BCUT2D eigenvalue weighted by molar-refractivity contribution is 1.46. The minimum absolute atomic E-state index is 0.853. The van der Waals surface area contributed by atoms with Crippen molar-refractivity contribution in [2.75, 3.05) is 0 Å². The molecule has 0 atom stereocenters. The van der Waals surface area contributed by atoms with Gasteiger partial charge in [0.2, 0.25) is 0 Å². The van der Waals surface area contributed by atoms with Crippen LogP contribution in [0, 0.1) is 18.8 Å². The van der Waals surface area contributed by atoms with Crippen molar-refractivity contribution in [2.45, 2.75) is 6.92 Å². The Balaban J connectivity index is 2.17. The fourth-order valence-corrected chi connectivity index (χ4v) is 1.50. The number of aryl methyl sites for hydroxylation is 1. The summed E-state index contributed by atoms with van der Waals surface area (Å²) in [5.74, 6) is 6.21. The van der Waals surface area contributed by atoms with E-state index in [0.717, 1.165) is 16.7 Å². The molecule has 82 valence electrons. The Morgan fingerprint density at radius 1 is 0.941 bits per heavy atom. The first-order valence-electron chi connectivity index (χ1n) is 5.59. The summed E-state index contributed by atoms with van der Waals surface area (Å²) in [6.45, 7) is 6.05. The lowest BCUT2D eigenvalue weighted by atomic mass is 10.1. The maximum Gasteiger partial charge on any atom is 0.0249 e. The molecule has 0 aromatic heterocycles. The average molecular weight is 218 g/mol. The Morgan fingerprint density at radius 3 is 2.24 bits per heavy atom. The van der Waals surface area contributed by atoms with Gasteiger partial charge in [-0.1, -0.05) is 66.4 Å². The van der Waals surface area contributed by atoms with Gasteiger partial charge in [0.25, 0.3) is 0 Å². The number of hydrogen-bond acceptors (Lipinski definition) is 0. The summed E-state index contributed by atoms with van der Waals surface area (Å²) >= 11 is 0. The summed E-state index contributed by atoms with van der Waals surface area (Å²) in [6, 6.07) is 18.2. The van der Waals surface area contributed by atoms with Crippen LogP contribution in [0.3, 0.4) is 0 Å². The third-order valence-corrected chi connectivity index (χ3v) is 2.53. The molecule has 0 saturated carbocycles. The second-order valence-corrected chi connectivity index (χ2v) is 3.96. The summed E-state index contributed by atoms with van der Waals surface area (Å²) in [5.41, 5.74) is 4.20. The highest BCUT2D eigenvalue weighted by Gasteiger charge is 1.92. The van der Waals surface area contributed by atoms with Crippen LogP contribution in [0.15, 0.2) is 61.2 Å². The highest BCUT2D eigenvalue weighted by Crippen LogP contribution is 2.10. The first kappa shape index (κ1) is 11.2. The summed E-state index contributed by atoms with van der Waals surface area (Å²) < 4.78 is 0. The van der Waals surface area contributed by atoms with Gasteiger partial charge in [-0.15, -0.1) is 0 Å². The fraction of sp³-hybridized carbons (Fsp3) is 0.0588. The molecule has 0 aliphatic heterocycles. The molecule has 0 radical (unpaired) electrons. The molecule has 0 unspecified atom stereocenters. The molecule has 2 aromatic rings. The van der Waals surface area contributed by atoms with Crippen molar-refractivity contribution in [2.24, 2.45) is 0 Å². The van der Waals surface area contributed by atoms with Crippen molar-refractivity contribution in [3.8, 4) is 11.8 Å². The summed E-state index contributed by atoms with van der Waals surface area (Å²) in [7, 11) is 0. The number of allylic oxidation sites excluding steroid dienone is 1. The van der Waals surface area contributed by atoms with Crippen LogP contribution in [0.1, 0.15) is 16.7 Å². The molecule has 0 spiro atoms. The van der Waals surface area contributed by atoms with Gasteiger partial charge in [-0.2, -0.15) is 0 Å². The molecule has 0 bridgehead atoms. The minimum Gasteiger partial charge on any atom is -0.0827 e. The zero-order chi connectivity index (χ0) is 12.1. The van der Waals surface area contributed by atoms with Crippen LogP contribution in [0.5, 0.6) is 0 Å². The lowest BCUT2D eigenvalue weighted by Gasteiger charge is -1.96. The van der Waals surface area contributed by atoms with E-state index in [9.17, 15) is 0 Å². The third kappa shape index (κ3) is 3.09. The van der Waals surface area contributed by atoms with E-state index in [2.05, 4.69) is 37.5 Å². The Hall–Kier alpha value is -2.26. The molecule has 0 saturated heterocycles. The van der Waals surface area contributed by atoms with E-state index >= 15 is 0 Å². The summed E-state index contributed by atoms with van der Waals surface area (Å²) in [5, 5.41) is 0. The van der Waals surface area contributed by atoms with E-state index in [1.165, 1.54) is 5.56 Å². The predicted octanol–water partition coefficient (Wildman–Crippen LogP) is 4.06. The molecule has 2 aromatic carbocycles. The summed E-state index contributed by atoms with van der Waals surface area (Å²) in [6.07, 6.45) is 0. The van der Waals surface area contributed by atoms with Gasteiger partial charge < -0.3 is 0 Å². The quantitative estimate of drug-likeness (QED) is 0.633. The monoisotopic (exact) mass is 218 g/mol. The average Bonchev–Trinajstić information content (AvgIpc) is 2.39. The van der Waals surface area contributed by atoms with E-state index in [0.29, 0.717) is 0 Å². The van der Waals surface area contributed by atoms with Gasteiger partial charge in [-0.3, -0.25) is 0 Å². The smallest absolute Gasteiger partial charge is 0.0249 e. The summed E-state index contributed by atoms with van der Waals surface area (Å²) in [4.78, 5) is 0. The van der Waals surface area contributed by atoms with E-state index in [1.54, 1.807) is 0 Å². The molecule has 0 nitrogen and oxygen atoms in total. The second-order valence-electron chi connectivity index (χ2n) is 3.96. The molecule has 0 aliphatic rings. The van der Waals surface area contributed by atoms with Gasteiger partial charge in [0, 0.05) is 11.1 Å². The number of rotatable bonds is 1. The second kappa shape index (κ2) is 5.18. The molecular weight excluding hydrogens is 204 g/mol. The standard InChI is InChI=1S/C17H14/c1-14-8-11-16(12-9-14)13-10-15(2)17-6-4-3-5-7-17/h3-9,11-12H,2H2,1H3. The van der Waals surface area contributed by atoms with E-state index < -0.39 is 0 Å². The zero-order valence-corrected chi connectivity index (χ0v) is 9.90. The lowest BCUT2D eigenvalue weighted by Crippen LogP contribution is -1.79. The highest BCUT2D eigenvalue weighted by atomic mass is 14.0. The first-order valence-corrected chi connectivity index (χ1v) is 5.59. The van der Waals surface area contributed by atoms with Gasteiger partial charge in [0.05, 0.1) is 0 Å². The minimum atomic E-state index is 0.853. The molecule has 0 fully saturated rings. The van der Waals surface area contributed by atoms with Gasteiger partial charge in [0.1, 0.15) is 0 Å². The van der Waals surface area contributed by atoms with E-state index in [1.807, 2.05) is 42.5 Å². The van der Waals surface area contributed by atoms with Crippen molar-refractivity contribution >= 4 is 5.57 Å². The zero-order valence-electron chi connectivity index (χ0n) is 9.90. The van der Waals surface area contributed by atoms with Crippen LogP contribution in [0.2, 0.25) is 0 Å². The molecule has 17 heavy (non-hydrogen) atoms. The third-order valence-electron chi connectivity index (χ3n) is 2.53. The molecular formula is C17H14. The largest absolute Gasteiger partial charge is 0.0827 e. The van der Waals surface area contributed by atoms with Crippen LogP contribution < -0.4 is 0 Å². The maximum absolute atomic E-state index is 3.98. The molecule has 0 N–H and O–H groups in total. The van der Waals surface area contributed by atoms with Gasteiger partial charge in [0.15, 0.2) is 0 Å². The van der Waals surface area contributed by atoms with Crippen molar-refractivity contribution in [3.63, 3.8) is 0 Å². The Kier molecular flexibility index (Phi) is 3.43. The normalized spacial score (nSPS) is 9.24. The fourth-order valence-electron chi connectivity index (χ4n) is 1.50. The van der Waals surface area contributed by atoms with E-state index in [-0.39, 0.29) is 0 Å². The van der Waals surface area contributed by atoms with Crippen molar-refractivity contribution < 1.29 is 0 Å². The van der Waals surface area contributed by atoms with Crippen molar-refractivity contribution in [1.82, 2.24) is 0 Å². The van der Waals surface area contributed by atoms with Crippen LogP contribution in [0.25, 0.3) is 5.57 Å². The van der Waals surface area contributed by atoms with Crippen molar-refractivity contribution in [3.05, 3.63) is 77.9 Å². The van der Waals surface area contributed by atoms with Crippen LogP contribution >= 0.6 is 0 Å². The van der Waals surface area contributed by atoms with Gasteiger partial charge in [-0.05, 0) is 24.6 Å². The van der Waals surface area contributed by atoms with Crippen molar-refractivity contribution in [1.29, 1.82) is 0 Å². The topological polar surface area (TPSA) is 0 Å². The van der Waals surface area contributed by atoms with Crippen LogP contribution in [-0.2, 0) is 0 Å². The molecule has 0 aliphatic carbocycles. The SMILES string of the molecule is C=C(C#Cc1ccc(C)cc1)c1ccccc1. The first-order chi connectivity index (χ1) is 8.25. The highest BCUT2D eigenvalue weighted by molar-refractivity contribution is 5.77. The molecule has 0 heteroatoms. The van der Waals surface area contributed by atoms with E-state index in [4.69, 9.17) is 0 Å². The molecule has 0 heterocycles. The maximum atomic E-state index is 3.98. The van der Waals surface area contributed by atoms with Gasteiger partial charge in [-0.25, -0.2) is 0 Å². The van der Waals surface area contributed by atoms with Crippen LogP contribution in [0.4, 0.5) is 0 Å².